The van der Waals surface area contributed by atoms with Gasteiger partial charge in [0.05, 0.1) is 0 Å². The van der Waals surface area contributed by atoms with Gasteiger partial charge in [-0.3, -0.25) is 0 Å². The number of hydrogen-bond acceptors (Lipinski definition) is 0. The van der Waals surface area contributed by atoms with Crippen molar-refractivity contribution >= 4 is 0 Å². The molecule has 2 aromatic rings. The van der Waals surface area contributed by atoms with Crippen molar-refractivity contribution < 1.29 is 8.78 Å². The first-order chi connectivity index (χ1) is 16.1. The minimum absolute atomic E-state index is 0.661. The number of rotatable bonds is 11. The van der Waals surface area contributed by atoms with Crippen LogP contribution in [0.4, 0.5) is 8.78 Å². The van der Waals surface area contributed by atoms with Gasteiger partial charge in [0.1, 0.15) is 0 Å². The van der Waals surface area contributed by atoms with Crippen LogP contribution in [0.1, 0.15) is 93.9 Å². The molecule has 0 heterocycles. The summed E-state index contributed by atoms with van der Waals surface area (Å²) in [4.78, 5) is 0. The smallest absolute Gasteiger partial charge is 0.193 e. The van der Waals surface area contributed by atoms with Crippen molar-refractivity contribution in [2.24, 2.45) is 0 Å². The molecular formula is C31H36F2. The van der Waals surface area contributed by atoms with Crippen LogP contribution in [0.5, 0.6) is 0 Å². The van der Waals surface area contributed by atoms with Crippen molar-refractivity contribution in [1.82, 2.24) is 0 Å². The molecule has 0 radical (unpaired) electrons. The first-order valence-electron chi connectivity index (χ1n) is 12.4. The van der Waals surface area contributed by atoms with Crippen LogP contribution in [0.3, 0.4) is 0 Å². The lowest BCUT2D eigenvalue weighted by molar-refractivity contribution is 0.584. The number of hydrogen-bond donors (Lipinski definition) is 0. The highest BCUT2D eigenvalue weighted by Crippen LogP contribution is 2.12. The predicted molar refractivity (Wildman–Crippen MR) is 136 cm³/mol. The normalized spacial score (nSPS) is 11.2. The summed E-state index contributed by atoms with van der Waals surface area (Å²) in [7, 11) is 0. The van der Waals surface area contributed by atoms with Crippen LogP contribution in [-0.2, 0) is 12.8 Å². The standard InChI is InChI=1S/C31H36F2/c1-3-5-7-9-11-13-27-16-20-29(21-17-27)23-25-31(33)30(32)24-22-28-18-14-26(15-19-28)12-10-8-6-4-2/h14-21H,3-13H2,1-2H3. The van der Waals surface area contributed by atoms with E-state index < -0.39 is 11.7 Å². The van der Waals surface area contributed by atoms with Gasteiger partial charge in [0, 0.05) is 11.1 Å². The topological polar surface area (TPSA) is 0 Å². The molecule has 0 aliphatic heterocycles. The van der Waals surface area contributed by atoms with Crippen LogP contribution in [-0.4, -0.2) is 0 Å². The molecule has 0 aromatic heterocycles. The summed E-state index contributed by atoms with van der Waals surface area (Å²) in [5.41, 5.74) is 3.81. The van der Waals surface area contributed by atoms with E-state index in [0.29, 0.717) is 11.1 Å². The summed E-state index contributed by atoms with van der Waals surface area (Å²) in [5.74, 6) is 7.59. The molecule has 174 valence electrons. The maximum Gasteiger partial charge on any atom is 0.217 e. The highest BCUT2D eigenvalue weighted by molar-refractivity contribution is 5.45. The van der Waals surface area contributed by atoms with Gasteiger partial charge in [-0.15, -0.1) is 0 Å². The minimum Gasteiger partial charge on any atom is -0.193 e. The summed E-state index contributed by atoms with van der Waals surface area (Å²) in [6.45, 7) is 4.41. The fourth-order valence-corrected chi connectivity index (χ4v) is 3.56. The average Bonchev–Trinajstić information content (AvgIpc) is 2.85. The SMILES string of the molecule is CCCCCCCc1ccc(C#CC(F)=C(F)C#Cc2ccc(CCCCCC)cc2)cc1. The molecule has 0 saturated heterocycles. The van der Waals surface area contributed by atoms with Crippen LogP contribution >= 0.6 is 0 Å². The van der Waals surface area contributed by atoms with Gasteiger partial charge >= 0.3 is 0 Å². The summed E-state index contributed by atoms with van der Waals surface area (Å²) in [6, 6.07) is 15.4. The summed E-state index contributed by atoms with van der Waals surface area (Å²) in [6.07, 6.45) is 13.2. The first-order valence-corrected chi connectivity index (χ1v) is 12.4. The Morgan fingerprint density at radius 2 is 0.909 bits per heavy atom. The molecule has 0 saturated carbocycles. The van der Waals surface area contributed by atoms with Crippen LogP contribution in [0, 0.1) is 23.7 Å². The lowest BCUT2D eigenvalue weighted by Gasteiger charge is -2.01. The van der Waals surface area contributed by atoms with E-state index in [2.05, 4.69) is 37.5 Å². The lowest BCUT2D eigenvalue weighted by atomic mass is 10.0. The van der Waals surface area contributed by atoms with Crippen molar-refractivity contribution in [2.75, 3.05) is 0 Å². The van der Waals surface area contributed by atoms with Crippen LogP contribution in [0.25, 0.3) is 0 Å². The number of allylic oxidation sites excluding steroid dienone is 2. The Bertz CT molecular complexity index is 974. The average molecular weight is 447 g/mol. The molecule has 33 heavy (non-hydrogen) atoms. The Kier molecular flexibility index (Phi) is 12.7. The van der Waals surface area contributed by atoms with E-state index in [1.807, 2.05) is 48.5 Å². The van der Waals surface area contributed by atoms with E-state index in [-0.39, 0.29) is 0 Å². The first kappa shape index (κ1) is 26.4. The van der Waals surface area contributed by atoms with Crippen molar-refractivity contribution in [3.8, 4) is 23.7 Å². The van der Waals surface area contributed by atoms with Gasteiger partial charge in [-0.25, -0.2) is 0 Å². The Hall–Kier alpha value is -2.84. The summed E-state index contributed by atoms with van der Waals surface area (Å²) in [5, 5.41) is 0. The van der Waals surface area contributed by atoms with Gasteiger partial charge in [0.2, 0.25) is 11.7 Å². The molecular weight excluding hydrogens is 410 g/mol. The zero-order valence-electron chi connectivity index (χ0n) is 20.2. The van der Waals surface area contributed by atoms with Crippen LogP contribution < -0.4 is 0 Å². The Labute approximate surface area is 199 Å². The van der Waals surface area contributed by atoms with Gasteiger partial charge in [-0.05, 0) is 72.9 Å². The van der Waals surface area contributed by atoms with E-state index in [4.69, 9.17) is 0 Å². The molecule has 0 atom stereocenters. The van der Waals surface area contributed by atoms with Crippen molar-refractivity contribution in [2.45, 2.75) is 84.5 Å². The Morgan fingerprint density at radius 1 is 0.545 bits per heavy atom. The predicted octanol–water partition coefficient (Wildman–Crippen LogP) is 8.88. The third-order valence-corrected chi connectivity index (χ3v) is 5.62. The monoisotopic (exact) mass is 446 g/mol. The minimum atomic E-state index is -1.13. The molecule has 0 bridgehead atoms. The maximum atomic E-state index is 14.0. The zero-order chi connectivity index (χ0) is 23.7. The molecule has 2 aromatic carbocycles. The molecule has 2 rings (SSSR count). The highest BCUT2D eigenvalue weighted by Gasteiger charge is 2.00. The summed E-state index contributed by atoms with van der Waals surface area (Å²) >= 11 is 0. The summed E-state index contributed by atoms with van der Waals surface area (Å²) < 4.78 is 28.1. The molecule has 0 nitrogen and oxygen atoms in total. The number of halogens is 2. The molecule has 0 fully saturated rings. The second-order valence-electron chi connectivity index (χ2n) is 8.50. The van der Waals surface area contributed by atoms with E-state index in [1.54, 1.807) is 0 Å². The van der Waals surface area contributed by atoms with Gasteiger partial charge in [0.25, 0.3) is 0 Å². The van der Waals surface area contributed by atoms with Gasteiger partial charge in [0.15, 0.2) is 0 Å². The molecule has 0 unspecified atom stereocenters. The van der Waals surface area contributed by atoms with Gasteiger partial charge < -0.3 is 0 Å². The number of unbranched alkanes of at least 4 members (excludes halogenated alkanes) is 7. The van der Waals surface area contributed by atoms with Crippen molar-refractivity contribution in [1.29, 1.82) is 0 Å². The van der Waals surface area contributed by atoms with Gasteiger partial charge in [-0.1, -0.05) is 94.9 Å². The fourth-order valence-electron chi connectivity index (χ4n) is 3.56. The van der Waals surface area contributed by atoms with Crippen molar-refractivity contribution in [3.63, 3.8) is 0 Å². The molecule has 0 spiro atoms. The lowest BCUT2D eigenvalue weighted by Crippen LogP contribution is -1.87. The van der Waals surface area contributed by atoms with Crippen LogP contribution in [0.15, 0.2) is 60.2 Å². The zero-order valence-corrected chi connectivity index (χ0v) is 20.2. The maximum absolute atomic E-state index is 14.0. The number of aryl methyl sites for hydroxylation is 2. The largest absolute Gasteiger partial charge is 0.217 e. The quantitative estimate of drug-likeness (QED) is 0.239. The van der Waals surface area contributed by atoms with E-state index in [1.165, 1.54) is 68.9 Å². The second-order valence-corrected chi connectivity index (χ2v) is 8.50. The second kappa shape index (κ2) is 15.9. The van der Waals surface area contributed by atoms with Crippen molar-refractivity contribution in [3.05, 3.63) is 82.4 Å². The molecule has 0 aliphatic carbocycles. The van der Waals surface area contributed by atoms with Gasteiger partial charge in [-0.2, -0.15) is 8.78 Å². The van der Waals surface area contributed by atoms with E-state index in [9.17, 15) is 8.78 Å². The van der Waals surface area contributed by atoms with E-state index >= 15 is 0 Å². The van der Waals surface area contributed by atoms with Crippen LogP contribution in [0.2, 0.25) is 0 Å². The molecule has 0 aliphatic rings. The van der Waals surface area contributed by atoms with E-state index in [0.717, 1.165) is 12.8 Å². The Morgan fingerprint density at radius 3 is 1.30 bits per heavy atom. The number of benzene rings is 2. The molecule has 0 amide bonds. The molecule has 0 N–H and O–H groups in total. The fraction of sp³-hybridized carbons (Fsp3) is 0.419. The third-order valence-electron chi connectivity index (χ3n) is 5.62. The highest BCUT2D eigenvalue weighted by atomic mass is 19.2. The Balaban J connectivity index is 1.88. The third kappa shape index (κ3) is 11.0. The molecule has 2 heteroatoms.